The number of ether oxygens (including phenoxy) is 1. The van der Waals surface area contributed by atoms with E-state index in [0.29, 0.717) is 18.2 Å². The average molecular weight is 387 g/mol. The summed E-state index contributed by atoms with van der Waals surface area (Å²) in [6, 6.07) is 12.5. The number of nitro benzene ring substituents is 1. The minimum Gasteiger partial charge on any atom is -0.494 e. The van der Waals surface area contributed by atoms with Crippen LogP contribution in [0, 0.1) is 16.0 Å². The number of nitrogens with one attached hydrogen (secondary N) is 2. The van der Waals surface area contributed by atoms with Crippen molar-refractivity contribution in [3.63, 3.8) is 0 Å². The summed E-state index contributed by atoms with van der Waals surface area (Å²) in [7, 11) is 0. The van der Waals surface area contributed by atoms with Gasteiger partial charge in [0.05, 0.1) is 11.5 Å². The van der Waals surface area contributed by atoms with E-state index in [0.717, 1.165) is 12.2 Å². The summed E-state index contributed by atoms with van der Waals surface area (Å²) < 4.78 is 5.65. The zero-order chi connectivity index (χ0) is 19.8. The van der Waals surface area contributed by atoms with E-state index in [1.54, 1.807) is 12.1 Å². The van der Waals surface area contributed by atoms with Crippen molar-refractivity contribution in [1.82, 2.24) is 5.32 Å². The number of rotatable bonds is 7. The molecule has 0 aliphatic carbocycles. The number of carbonyl (C=O) groups excluding carboxylic acids is 1. The molecule has 7 nitrogen and oxygen atoms in total. The monoisotopic (exact) mass is 387 g/mol. The minimum atomic E-state index is -0.524. The van der Waals surface area contributed by atoms with E-state index in [9.17, 15) is 14.9 Å². The van der Waals surface area contributed by atoms with Crippen molar-refractivity contribution in [3.8, 4) is 5.75 Å². The second-order valence-electron chi connectivity index (χ2n) is 6.27. The van der Waals surface area contributed by atoms with Crippen molar-refractivity contribution < 1.29 is 14.5 Å². The van der Waals surface area contributed by atoms with E-state index in [2.05, 4.69) is 24.5 Å². The summed E-state index contributed by atoms with van der Waals surface area (Å²) >= 11 is 5.13. The predicted molar refractivity (Wildman–Crippen MR) is 108 cm³/mol. The van der Waals surface area contributed by atoms with Crippen molar-refractivity contribution in [1.29, 1.82) is 0 Å². The minimum absolute atomic E-state index is 0.0806. The van der Waals surface area contributed by atoms with Crippen LogP contribution in [0.5, 0.6) is 5.75 Å². The Bertz CT molecular complexity index is 805. The summed E-state index contributed by atoms with van der Waals surface area (Å²) in [4.78, 5) is 22.2. The van der Waals surface area contributed by atoms with Gasteiger partial charge in [-0.2, -0.15) is 0 Å². The summed E-state index contributed by atoms with van der Waals surface area (Å²) in [6.07, 6.45) is 0.985. The highest BCUT2D eigenvalue weighted by atomic mass is 32.1. The number of non-ortho nitro benzene ring substituents is 1. The largest absolute Gasteiger partial charge is 0.494 e. The van der Waals surface area contributed by atoms with Crippen LogP contribution in [-0.4, -0.2) is 22.5 Å². The first-order valence-electron chi connectivity index (χ1n) is 8.45. The number of carbonyl (C=O) groups is 1. The Balaban J connectivity index is 1.85. The standard InChI is InChI=1S/C19H21N3O4S/c1-13(2)11-12-26-17-9-5-15(6-10-17)20-19(27)21-18(23)14-3-7-16(8-4-14)22(24)25/h3-10,13H,11-12H2,1-2H3,(H2,20,21,23,27). The highest BCUT2D eigenvalue weighted by molar-refractivity contribution is 7.80. The fourth-order valence-electron chi connectivity index (χ4n) is 2.12. The molecule has 0 aliphatic rings. The summed E-state index contributed by atoms with van der Waals surface area (Å²) in [5.74, 6) is 0.903. The van der Waals surface area contributed by atoms with Gasteiger partial charge in [0.1, 0.15) is 5.75 Å². The third-order valence-electron chi connectivity index (χ3n) is 3.64. The highest BCUT2D eigenvalue weighted by Crippen LogP contribution is 2.16. The summed E-state index contributed by atoms with van der Waals surface area (Å²) in [6.45, 7) is 4.94. The van der Waals surface area contributed by atoms with Crippen molar-refractivity contribution in [2.45, 2.75) is 20.3 Å². The fraction of sp³-hybridized carbons (Fsp3) is 0.263. The van der Waals surface area contributed by atoms with Crippen LogP contribution in [0.1, 0.15) is 30.6 Å². The number of nitro groups is 1. The van der Waals surface area contributed by atoms with Crippen LogP contribution in [-0.2, 0) is 0 Å². The maximum atomic E-state index is 12.1. The molecule has 142 valence electrons. The molecule has 0 saturated carbocycles. The SMILES string of the molecule is CC(C)CCOc1ccc(NC(=S)NC(=O)c2ccc([N+](=O)[O-])cc2)cc1. The van der Waals surface area contributed by atoms with Gasteiger partial charge in [-0.05, 0) is 61.0 Å². The normalized spacial score (nSPS) is 10.3. The van der Waals surface area contributed by atoms with Gasteiger partial charge in [0.15, 0.2) is 5.11 Å². The van der Waals surface area contributed by atoms with Crippen molar-refractivity contribution in [3.05, 3.63) is 64.2 Å². The molecule has 0 aromatic heterocycles. The van der Waals surface area contributed by atoms with E-state index in [1.165, 1.54) is 24.3 Å². The molecule has 2 N–H and O–H groups in total. The van der Waals surface area contributed by atoms with Gasteiger partial charge in [-0.3, -0.25) is 20.2 Å². The van der Waals surface area contributed by atoms with Crippen LogP contribution in [0.2, 0.25) is 0 Å². The molecule has 0 unspecified atom stereocenters. The first-order valence-corrected chi connectivity index (χ1v) is 8.85. The smallest absolute Gasteiger partial charge is 0.269 e. The molecule has 0 aliphatic heterocycles. The third-order valence-corrected chi connectivity index (χ3v) is 3.85. The van der Waals surface area contributed by atoms with Gasteiger partial charge in [0.25, 0.3) is 11.6 Å². The van der Waals surface area contributed by atoms with Gasteiger partial charge in [-0.25, -0.2) is 0 Å². The number of hydrogen-bond donors (Lipinski definition) is 2. The third kappa shape index (κ3) is 6.67. The zero-order valence-corrected chi connectivity index (χ0v) is 15.9. The van der Waals surface area contributed by atoms with Crippen molar-refractivity contribution in [2.24, 2.45) is 5.92 Å². The van der Waals surface area contributed by atoms with Gasteiger partial charge in [-0.15, -0.1) is 0 Å². The van der Waals surface area contributed by atoms with Crippen LogP contribution in [0.25, 0.3) is 0 Å². The molecule has 0 radical (unpaired) electrons. The van der Waals surface area contributed by atoms with Gasteiger partial charge in [0.2, 0.25) is 0 Å². The average Bonchev–Trinajstić information content (AvgIpc) is 2.63. The predicted octanol–water partition coefficient (Wildman–Crippen LogP) is 4.15. The quantitative estimate of drug-likeness (QED) is 0.421. The molecule has 2 aromatic rings. The Hall–Kier alpha value is -3.00. The van der Waals surface area contributed by atoms with E-state index >= 15 is 0 Å². The molecular formula is C19H21N3O4S. The van der Waals surface area contributed by atoms with Crippen LogP contribution < -0.4 is 15.4 Å². The number of nitrogens with zero attached hydrogens (tertiary/aromatic N) is 1. The molecule has 27 heavy (non-hydrogen) atoms. The maximum Gasteiger partial charge on any atom is 0.269 e. The molecule has 0 atom stereocenters. The maximum absolute atomic E-state index is 12.1. The molecule has 0 saturated heterocycles. The first-order chi connectivity index (χ1) is 12.8. The number of benzene rings is 2. The Morgan fingerprint density at radius 1 is 1.15 bits per heavy atom. The van der Waals surface area contributed by atoms with Gasteiger partial charge in [-0.1, -0.05) is 13.8 Å². The van der Waals surface area contributed by atoms with Crippen LogP contribution in [0.4, 0.5) is 11.4 Å². The molecule has 0 bridgehead atoms. The second kappa shape index (κ2) is 9.63. The number of anilines is 1. The topological polar surface area (TPSA) is 93.5 Å². The fourth-order valence-corrected chi connectivity index (χ4v) is 2.33. The first kappa shape index (κ1) is 20.3. The summed E-state index contributed by atoms with van der Waals surface area (Å²) in [5, 5.41) is 16.2. The molecule has 2 rings (SSSR count). The Labute approximate surface area is 162 Å². The molecule has 0 fully saturated rings. The lowest BCUT2D eigenvalue weighted by atomic mass is 10.1. The van der Waals surface area contributed by atoms with E-state index in [4.69, 9.17) is 17.0 Å². The number of amides is 1. The van der Waals surface area contributed by atoms with Crippen molar-refractivity contribution in [2.75, 3.05) is 11.9 Å². The van der Waals surface area contributed by atoms with Gasteiger partial charge < -0.3 is 10.1 Å². The molecular weight excluding hydrogens is 366 g/mol. The van der Waals surface area contributed by atoms with Crippen LogP contribution >= 0.6 is 12.2 Å². The Morgan fingerprint density at radius 2 is 1.78 bits per heavy atom. The lowest BCUT2D eigenvalue weighted by Gasteiger charge is -2.11. The van der Waals surface area contributed by atoms with E-state index in [1.807, 2.05) is 12.1 Å². The highest BCUT2D eigenvalue weighted by Gasteiger charge is 2.11. The number of thiocarbonyl (C=S) groups is 1. The molecule has 0 heterocycles. The van der Waals surface area contributed by atoms with E-state index in [-0.39, 0.29) is 16.4 Å². The molecule has 8 heteroatoms. The number of hydrogen-bond acceptors (Lipinski definition) is 5. The van der Waals surface area contributed by atoms with Gasteiger partial charge in [0, 0.05) is 23.4 Å². The molecule has 2 aromatic carbocycles. The summed E-state index contributed by atoms with van der Waals surface area (Å²) in [5.41, 5.74) is 0.904. The van der Waals surface area contributed by atoms with Gasteiger partial charge >= 0.3 is 0 Å². The Kier molecular flexibility index (Phi) is 7.25. The Morgan fingerprint density at radius 3 is 2.33 bits per heavy atom. The molecule has 1 amide bonds. The van der Waals surface area contributed by atoms with Crippen molar-refractivity contribution >= 4 is 34.6 Å². The molecule has 0 spiro atoms. The van der Waals surface area contributed by atoms with E-state index < -0.39 is 10.8 Å². The zero-order valence-electron chi connectivity index (χ0n) is 15.1. The van der Waals surface area contributed by atoms with Crippen LogP contribution in [0.15, 0.2) is 48.5 Å². The lowest BCUT2D eigenvalue weighted by molar-refractivity contribution is -0.384. The van der Waals surface area contributed by atoms with Crippen LogP contribution in [0.3, 0.4) is 0 Å². The second-order valence-corrected chi connectivity index (χ2v) is 6.68. The lowest BCUT2D eigenvalue weighted by Crippen LogP contribution is -2.34.